The van der Waals surface area contributed by atoms with Gasteiger partial charge in [-0.3, -0.25) is 4.72 Å². The molecule has 2 aromatic carbocycles. The molecule has 8 heteroatoms. The summed E-state index contributed by atoms with van der Waals surface area (Å²) in [7, 11) is -3.93. The van der Waals surface area contributed by atoms with Gasteiger partial charge in [-0.25, -0.2) is 8.42 Å². The van der Waals surface area contributed by atoms with Crippen LogP contribution in [0.5, 0.6) is 0 Å². The molecule has 0 aliphatic heterocycles. The Kier molecular flexibility index (Phi) is 4.42. The molecule has 0 heterocycles. The lowest BCUT2D eigenvalue weighted by Gasteiger charge is -2.11. The molecule has 21 heavy (non-hydrogen) atoms. The Morgan fingerprint density at radius 1 is 1.24 bits per heavy atom. The molecule has 0 aliphatic carbocycles. The van der Waals surface area contributed by atoms with Gasteiger partial charge in [0.1, 0.15) is 4.90 Å². The fraction of sp³-hybridized carbons (Fsp3) is 0. The van der Waals surface area contributed by atoms with Crippen LogP contribution in [0.15, 0.2) is 45.8 Å². The Balaban J connectivity index is 2.48. The van der Waals surface area contributed by atoms with Crippen molar-refractivity contribution in [1.82, 2.24) is 0 Å². The second-order valence-electron chi connectivity index (χ2n) is 4.10. The number of nitrogens with one attached hydrogen (secondary N) is 1. The van der Waals surface area contributed by atoms with Crippen molar-refractivity contribution >= 4 is 48.9 Å². The predicted octanol–water partition coefficient (Wildman–Crippen LogP) is 3.36. The standard InChI is InChI=1S/C13H9BrClN3O2S/c14-10-3-2-9(17)6-12(10)18-21(19,20)13-5-8(7-16)1-4-11(13)15/h1-6,18H,17H2. The molecule has 0 spiro atoms. The van der Waals surface area contributed by atoms with Gasteiger partial charge in [-0.05, 0) is 52.3 Å². The molecule has 2 rings (SSSR count). The number of rotatable bonds is 3. The van der Waals surface area contributed by atoms with E-state index in [2.05, 4.69) is 20.7 Å². The van der Waals surface area contributed by atoms with E-state index in [0.29, 0.717) is 10.2 Å². The maximum absolute atomic E-state index is 12.4. The Morgan fingerprint density at radius 2 is 1.95 bits per heavy atom. The average molecular weight is 387 g/mol. The molecule has 0 bridgehead atoms. The van der Waals surface area contributed by atoms with Crippen LogP contribution >= 0.6 is 27.5 Å². The average Bonchev–Trinajstić information content (AvgIpc) is 2.43. The molecule has 0 aromatic heterocycles. The van der Waals surface area contributed by atoms with Crippen molar-refractivity contribution in [2.45, 2.75) is 4.90 Å². The first kappa shape index (κ1) is 15.6. The van der Waals surface area contributed by atoms with Crippen LogP contribution in [-0.2, 0) is 10.0 Å². The first-order valence-corrected chi connectivity index (χ1v) is 8.26. The summed E-state index contributed by atoms with van der Waals surface area (Å²) in [6, 6.07) is 10.6. The van der Waals surface area contributed by atoms with Crippen molar-refractivity contribution in [2.24, 2.45) is 0 Å². The fourth-order valence-corrected chi connectivity index (χ4v) is 3.67. The lowest BCUT2D eigenvalue weighted by atomic mass is 10.2. The molecule has 2 aromatic rings. The van der Waals surface area contributed by atoms with E-state index in [1.54, 1.807) is 12.1 Å². The number of nitrogens with two attached hydrogens (primary N) is 1. The summed E-state index contributed by atoms with van der Waals surface area (Å²) in [5.41, 5.74) is 6.53. The van der Waals surface area contributed by atoms with Gasteiger partial charge in [-0.1, -0.05) is 11.6 Å². The van der Waals surface area contributed by atoms with E-state index in [1.807, 2.05) is 6.07 Å². The molecule has 0 fully saturated rings. The molecule has 0 saturated heterocycles. The van der Waals surface area contributed by atoms with Gasteiger partial charge in [0.2, 0.25) is 0 Å². The van der Waals surface area contributed by atoms with Crippen molar-refractivity contribution in [1.29, 1.82) is 5.26 Å². The molecule has 108 valence electrons. The van der Waals surface area contributed by atoms with Gasteiger partial charge >= 0.3 is 0 Å². The summed E-state index contributed by atoms with van der Waals surface area (Å²) in [6.07, 6.45) is 0. The van der Waals surface area contributed by atoms with Crippen LogP contribution < -0.4 is 10.5 Å². The molecule has 5 nitrogen and oxygen atoms in total. The summed E-state index contributed by atoms with van der Waals surface area (Å²) < 4.78 is 27.7. The van der Waals surface area contributed by atoms with Crippen LogP contribution in [0, 0.1) is 11.3 Å². The molecule has 0 radical (unpaired) electrons. The fourth-order valence-electron chi connectivity index (χ4n) is 1.60. The first-order chi connectivity index (χ1) is 9.83. The molecule has 0 unspecified atom stereocenters. The van der Waals surface area contributed by atoms with Crippen molar-refractivity contribution in [3.05, 3.63) is 51.5 Å². The van der Waals surface area contributed by atoms with Crippen molar-refractivity contribution < 1.29 is 8.42 Å². The zero-order valence-electron chi connectivity index (χ0n) is 10.5. The van der Waals surface area contributed by atoms with Crippen LogP contribution in [0.25, 0.3) is 0 Å². The van der Waals surface area contributed by atoms with E-state index >= 15 is 0 Å². The number of nitrogen functional groups attached to an aromatic ring is 1. The highest BCUT2D eigenvalue weighted by Crippen LogP contribution is 2.29. The highest BCUT2D eigenvalue weighted by Gasteiger charge is 2.20. The van der Waals surface area contributed by atoms with Gasteiger partial charge in [0.15, 0.2) is 0 Å². The normalized spacial score (nSPS) is 10.9. The largest absolute Gasteiger partial charge is 0.399 e. The van der Waals surface area contributed by atoms with E-state index in [0.717, 1.165) is 0 Å². The highest BCUT2D eigenvalue weighted by atomic mass is 79.9. The molecule has 3 N–H and O–H groups in total. The van der Waals surface area contributed by atoms with Crippen molar-refractivity contribution in [2.75, 3.05) is 10.5 Å². The lowest BCUT2D eigenvalue weighted by Crippen LogP contribution is -2.14. The van der Waals surface area contributed by atoms with Gasteiger partial charge < -0.3 is 5.73 Å². The van der Waals surface area contributed by atoms with Gasteiger partial charge in [0.05, 0.1) is 22.3 Å². The highest BCUT2D eigenvalue weighted by molar-refractivity contribution is 9.10. The zero-order chi connectivity index (χ0) is 15.6. The van der Waals surface area contributed by atoms with Crippen molar-refractivity contribution in [3.8, 4) is 6.07 Å². The minimum atomic E-state index is -3.93. The summed E-state index contributed by atoms with van der Waals surface area (Å²) in [6.45, 7) is 0. The lowest BCUT2D eigenvalue weighted by molar-refractivity contribution is 0.601. The Morgan fingerprint density at radius 3 is 2.62 bits per heavy atom. The Labute approximate surface area is 135 Å². The summed E-state index contributed by atoms with van der Waals surface area (Å²) >= 11 is 9.14. The number of anilines is 2. The number of hydrogen-bond acceptors (Lipinski definition) is 4. The minimum Gasteiger partial charge on any atom is -0.399 e. The molecular weight excluding hydrogens is 378 g/mol. The van der Waals surface area contributed by atoms with Crippen LogP contribution in [0.4, 0.5) is 11.4 Å². The van der Waals surface area contributed by atoms with Gasteiger partial charge in [0, 0.05) is 10.2 Å². The quantitative estimate of drug-likeness (QED) is 0.791. The van der Waals surface area contributed by atoms with Crippen LogP contribution in [0.1, 0.15) is 5.56 Å². The van der Waals surface area contributed by atoms with E-state index < -0.39 is 10.0 Å². The number of nitrogens with zero attached hydrogens (tertiary/aromatic N) is 1. The van der Waals surface area contributed by atoms with Gasteiger partial charge in [0.25, 0.3) is 10.0 Å². The maximum atomic E-state index is 12.4. The van der Waals surface area contributed by atoms with Crippen LogP contribution in [0.3, 0.4) is 0 Å². The second-order valence-corrected chi connectivity index (χ2v) is 7.01. The van der Waals surface area contributed by atoms with E-state index in [9.17, 15) is 8.42 Å². The summed E-state index contributed by atoms with van der Waals surface area (Å²) in [5, 5.41) is 8.89. The number of benzene rings is 2. The third-order valence-corrected chi connectivity index (χ3v) is 5.12. The Bertz CT molecular complexity index is 847. The third kappa shape index (κ3) is 3.47. The van der Waals surface area contributed by atoms with Crippen molar-refractivity contribution in [3.63, 3.8) is 0 Å². The zero-order valence-corrected chi connectivity index (χ0v) is 13.6. The van der Waals surface area contributed by atoms with E-state index in [4.69, 9.17) is 22.6 Å². The Hall–Kier alpha value is -1.75. The number of nitriles is 1. The third-order valence-electron chi connectivity index (χ3n) is 2.58. The summed E-state index contributed by atoms with van der Waals surface area (Å²) in [5.74, 6) is 0. The van der Waals surface area contributed by atoms with Crippen LogP contribution in [-0.4, -0.2) is 8.42 Å². The molecule has 0 amide bonds. The monoisotopic (exact) mass is 385 g/mol. The number of hydrogen-bond donors (Lipinski definition) is 2. The summed E-state index contributed by atoms with van der Waals surface area (Å²) in [4.78, 5) is -0.169. The van der Waals surface area contributed by atoms with E-state index in [1.165, 1.54) is 24.3 Å². The number of halogens is 2. The SMILES string of the molecule is N#Cc1ccc(Cl)c(S(=O)(=O)Nc2cc(N)ccc2Br)c1. The topological polar surface area (TPSA) is 96.0 Å². The second kappa shape index (κ2) is 5.93. The molecule has 0 aliphatic rings. The first-order valence-electron chi connectivity index (χ1n) is 5.61. The smallest absolute Gasteiger partial charge is 0.263 e. The maximum Gasteiger partial charge on any atom is 0.263 e. The van der Waals surface area contributed by atoms with Crippen LogP contribution in [0.2, 0.25) is 5.02 Å². The number of sulfonamides is 1. The molecule has 0 saturated carbocycles. The van der Waals surface area contributed by atoms with E-state index in [-0.39, 0.29) is 21.2 Å². The molecule has 0 atom stereocenters. The molecular formula is C13H9BrClN3O2S. The minimum absolute atomic E-state index is 0.0292. The van der Waals surface area contributed by atoms with Gasteiger partial charge in [-0.2, -0.15) is 5.26 Å². The predicted molar refractivity (Wildman–Crippen MR) is 85.5 cm³/mol. The van der Waals surface area contributed by atoms with Gasteiger partial charge in [-0.15, -0.1) is 0 Å².